The van der Waals surface area contributed by atoms with Crippen LogP contribution in [0.15, 0.2) is 71.9 Å². The monoisotopic (exact) mass is 415 g/mol. The van der Waals surface area contributed by atoms with Gasteiger partial charge in [0, 0.05) is 24.9 Å². The van der Waals surface area contributed by atoms with Crippen LogP contribution in [0.25, 0.3) is 5.69 Å². The fourth-order valence-corrected chi connectivity index (χ4v) is 4.44. The molecule has 0 aliphatic rings. The van der Waals surface area contributed by atoms with E-state index in [0.29, 0.717) is 13.0 Å². The average molecular weight is 415 g/mol. The number of nitrogens with zero attached hydrogens (tertiary/aromatic N) is 2. The number of benzene rings is 2. The number of hydrogen-bond acceptors (Lipinski definition) is 4. The predicted molar refractivity (Wildman–Crippen MR) is 108 cm³/mol. The molecule has 1 atom stereocenters. The lowest BCUT2D eigenvalue weighted by molar-refractivity contribution is -0.123. The number of carbonyl (C=O) groups excluding carboxylic acids is 1. The van der Waals surface area contributed by atoms with Gasteiger partial charge in [-0.05, 0) is 54.4 Å². The first-order valence-corrected chi connectivity index (χ1v) is 10.9. The molecule has 0 aliphatic heterocycles. The SMILES string of the molecule is C[C@H](CS(=O)(=O)c1ccc(F)cc1)C(=O)NCCc1ccc(-n2cccn2)cc1. The summed E-state index contributed by atoms with van der Waals surface area (Å²) in [5.74, 6) is -1.88. The second-order valence-electron chi connectivity index (χ2n) is 6.79. The van der Waals surface area contributed by atoms with Crippen LogP contribution >= 0.6 is 0 Å². The molecule has 0 radical (unpaired) electrons. The van der Waals surface area contributed by atoms with Crippen molar-refractivity contribution in [3.8, 4) is 5.69 Å². The predicted octanol–water partition coefficient (Wildman–Crippen LogP) is 2.78. The van der Waals surface area contributed by atoms with E-state index in [2.05, 4.69) is 10.4 Å². The van der Waals surface area contributed by atoms with Gasteiger partial charge in [0.2, 0.25) is 5.91 Å². The Kier molecular flexibility index (Phi) is 6.43. The molecule has 152 valence electrons. The van der Waals surface area contributed by atoms with Crippen LogP contribution in [0.1, 0.15) is 12.5 Å². The number of aromatic nitrogens is 2. The molecule has 6 nitrogen and oxygen atoms in total. The second kappa shape index (κ2) is 9.00. The minimum Gasteiger partial charge on any atom is -0.356 e. The first kappa shape index (κ1) is 20.7. The van der Waals surface area contributed by atoms with E-state index in [4.69, 9.17) is 0 Å². The van der Waals surface area contributed by atoms with Crippen LogP contribution in [0.5, 0.6) is 0 Å². The minimum atomic E-state index is -3.66. The first-order valence-electron chi connectivity index (χ1n) is 9.20. The van der Waals surface area contributed by atoms with Gasteiger partial charge in [-0.25, -0.2) is 17.5 Å². The summed E-state index contributed by atoms with van der Waals surface area (Å²) in [5, 5.41) is 6.94. The van der Waals surface area contributed by atoms with Gasteiger partial charge in [0.1, 0.15) is 5.82 Å². The van der Waals surface area contributed by atoms with E-state index in [9.17, 15) is 17.6 Å². The summed E-state index contributed by atoms with van der Waals surface area (Å²) in [6.45, 7) is 1.97. The van der Waals surface area contributed by atoms with E-state index in [1.165, 1.54) is 12.1 Å². The number of sulfone groups is 1. The van der Waals surface area contributed by atoms with E-state index in [-0.39, 0.29) is 16.6 Å². The Morgan fingerprint density at radius 2 is 1.83 bits per heavy atom. The lowest BCUT2D eigenvalue weighted by Gasteiger charge is -2.13. The molecule has 1 heterocycles. The van der Waals surface area contributed by atoms with E-state index in [1.54, 1.807) is 17.8 Å². The quantitative estimate of drug-likeness (QED) is 0.574. The fourth-order valence-electron chi connectivity index (χ4n) is 2.88. The van der Waals surface area contributed by atoms with E-state index < -0.39 is 21.6 Å². The Morgan fingerprint density at radius 3 is 2.45 bits per heavy atom. The van der Waals surface area contributed by atoms with Crippen molar-refractivity contribution in [1.29, 1.82) is 0 Å². The minimum absolute atomic E-state index is 0.0100. The maximum atomic E-state index is 13.0. The van der Waals surface area contributed by atoms with Crippen LogP contribution in [0, 0.1) is 11.7 Å². The molecule has 8 heteroatoms. The smallest absolute Gasteiger partial charge is 0.223 e. The van der Waals surface area contributed by atoms with Gasteiger partial charge in [-0.15, -0.1) is 0 Å². The highest BCUT2D eigenvalue weighted by molar-refractivity contribution is 7.91. The number of nitrogens with one attached hydrogen (secondary N) is 1. The van der Waals surface area contributed by atoms with Crippen LogP contribution in [0.4, 0.5) is 4.39 Å². The van der Waals surface area contributed by atoms with Crippen molar-refractivity contribution in [2.24, 2.45) is 5.92 Å². The Bertz CT molecular complexity index is 1050. The van der Waals surface area contributed by atoms with Gasteiger partial charge in [0.25, 0.3) is 0 Å². The number of hydrogen-bond donors (Lipinski definition) is 1. The van der Waals surface area contributed by atoms with Gasteiger partial charge in [0.05, 0.1) is 16.3 Å². The highest BCUT2D eigenvalue weighted by Gasteiger charge is 2.23. The normalized spacial score (nSPS) is 12.5. The zero-order valence-electron chi connectivity index (χ0n) is 16.0. The number of halogens is 1. The third-order valence-corrected chi connectivity index (χ3v) is 6.44. The molecule has 0 fully saturated rings. The molecule has 3 rings (SSSR count). The Morgan fingerprint density at radius 1 is 1.14 bits per heavy atom. The summed E-state index contributed by atoms with van der Waals surface area (Å²) in [4.78, 5) is 12.3. The summed E-state index contributed by atoms with van der Waals surface area (Å²) >= 11 is 0. The third kappa shape index (κ3) is 5.51. The highest BCUT2D eigenvalue weighted by atomic mass is 32.2. The Labute approximate surface area is 169 Å². The van der Waals surface area contributed by atoms with Crippen LogP contribution in [0.2, 0.25) is 0 Å². The Balaban J connectivity index is 1.49. The topological polar surface area (TPSA) is 81.1 Å². The van der Waals surface area contributed by atoms with Gasteiger partial charge in [-0.2, -0.15) is 5.10 Å². The standard InChI is InChI=1S/C21H22FN3O3S/c1-16(15-29(27,28)20-9-5-18(22)6-10-20)21(26)23-13-11-17-3-7-19(8-4-17)25-14-2-12-24-25/h2-10,12,14,16H,11,13,15H2,1H3,(H,23,26)/t16-/m1/s1. The van der Waals surface area contributed by atoms with E-state index in [1.807, 2.05) is 36.5 Å². The molecular weight excluding hydrogens is 393 g/mol. The maximum Gasteiger partial charge on any atom is 0.223 e. The average Bonchev–Trinajstić information content (AvgIpc) is 3.23. The fraction of sp³-hybridized carbons (Fsp3) is 0.238. The molecule has 29 heavy (non-hydrogen) atoms. The maximum absolute atomic E-state index is 13.0. The summed E-state index contributed by atoms with van der Waals surface area (Å²) < 4.78 is 39.5. The summed E-state index contributed by atoms with van der Waals surface area (Å²) in [7, 11) is -3.66. The molecule has 3 aromatic rings. The van der Waals surface area contributed by atoms with Crippen molar-refractivity contribution in [3.63, 3.8) is 0 Å². The van der Waals surface area contributed by atoms with Crippen LogP contribution in [-0.2, 0) is 21.1 Å². The van der Waals surface area contributed by atoms with E-state index >= 15 is 0 Å². The van der Waals surface area contributed by atoms with Crippen molar-refractivity contribution < 1.29 is 17.6 Å². The number of carbonyl (C=O) groups is 1. The summed E-state index contributed by atoms with van der Waals surface area (Å²) in [6, 6.07) is 14.3. The summed E-state index contributed by atoms with van der Waals surface area (Å²) in [6.07, 6.45) is 4.19. The largest absolute Gasteiger partial charge is 0.356 e. The molecule has 0 saturated heterocycles. The van der Waals surface area contributed by atoms with Crippen molar-refractivity contribution in [3.05, 3.63) is 78.4 Å². The molecular formula is C21H22FN3O3S. The summed E-state index contributed by atoms with van der Waals surface area (Å²) in [5.41, 5.74) is 2.00. The molecule has 1 amide bonds. The molecule has 0 spiro atoms. The number of amides is 1. The van der Waals surface area contributed by atoms with Gasteiger partial charge in [-0.1, -0.05) is 19.1 Å². The molecule has 0 saturated carbocycles. The van der Waals surface area contributed by atoms with Crippen molar-refractivity contribution in [1.82, 2.24) is 15.1 Å². The highest BCUT2D eigenvalue weighted by Crippen LogP contribution is 2.15. The van der Waals surface area contributed by atoms with Gasteiger partial charge in [-0.3, -0.25) is 4.79 Å². The van der Waals surface area contributed by atoms with Crippen molar-refractivity contribution >= 4 is 15.7 Å². The van der Waals surface area contributed by atoms with E-state index in [0.717, 1.165) is 23.4 Å². The first-order chi connectivity index (χ1) is 13.8. The molecule has 0 bridgehead atoms. The molecule has 1 N–H and O–H groups in total. The zero-order valence-corrected chi connectivity index (χ0v) is 16.8. The number of rotatable bonds is 8. The molecule has 2 aromatic carbocycles. The second-order valence-corrected chi connectivity index (χ2v) is 8.83. The molecule has 1 aromatic heterocycles. The van der Waals surface area contributed by atoms with Crippen LogP contribution in [0.3, 0.4) is 0 Å². The van der Waals surface area contributed by atoms with Gasteiger partial charge >= 0.3 is 0 Å². The Hall–Kier alpha value is -3.00. The van der Waals surface area contributed by atoms with Crippen LogP contribution < -0.4 is 5.32 Å². The molecule has 0 aliphatic carbocycles. The van der Waals surface area contributed by atoms with Gasteiger partial charge in [0.15, 0.2) is 9.84 Å². The van der Waals surface area contributed by atoms with Crippen molar-refractivity contribution in [2.45, 2.75) is 18.2 Å². The lowest BCUT2D eigenvalue weighted by atomic mass is 10.1. The lowest BCUT2D eigenvalue weighted by Crippen LogP contribution is -2.34. The van der Waals surface area contributed by atoms with Crippen LogP contribution in [-0.4, -0.2) is 36.4 Å². The van der Waals surface area contributed by atoms with Gasteiger partial charge < -0.3 is 5.32 Å². The molecule has 0 unspecified atom stereocenters. The zero-order chi connectivity index (χ0) is 20.9. The van der Waals surface area contributed by atoms with Crippen molar-refractivity contribution in [2.75, 3.05) is 12.3 Å². The third-order valence-electron chi connectivity index (χ3n) is 4.51.